The van der Waals surface area contributed by atoms with Crippen LogP contribution in [0, 0.1) is 5.92 Å². The Hall–Kier alpha value is -4.22. The van der Waals surface area contributed by atoms with E-state index in [1.165, 1.54) is 0 Å². The first kappa shape index (κ1) is 25.1. The molecule has 39 heavy (non-hydrogen) atoms. The number of thioether (sulfide) groups is 1. The summed E-state index contributed by atoms with van der Waals surface area (Å²) in [6, 6.07) is 15.5. The van der Waals surface area contributed by atoms with Gasteiger partial charge in [0.1, 0.15) is 17.1 Å². The van der Waals surface area contributed by atoms with Crippen molar-refractivity contribution in [2.45, 2.75) is 19.4 Å². The van der Waals surface area contributed by atoms with E-state index in [1.807, 2.05) is 42.5 Å². The lowest BCUT2D eigenvalue weighted by Gasteiger charge is -2.32. The molecule has 5 heterocycles. The van der Waals surface area contributed by atoms with Gasteiger partial charge in [-0.05, 0) is 73.0 Å². The largest absolute Gasteiger partial charge is 0.454 e. The van der Waals surface area contributed by atoms with Crippen molar-refractivity contribution in [3.63, 3.8) is 0 Å². The summed E-state index contributed by atoms with van der Waals surface area (Å²) in [6.45, 7) is 3.22. The van der Waals surface area contributed by atoms with Gasteiger partial charge in [0.05, 0.1) is 10.6 Å². The minimum Gasteiger partial charge on any atom is -0.454 e. The Morgan fingerprint density at radius 1 is 1.13 bits per heavy atom. The molecule has 0 unspecified atom stereocenters. The number of anilines is 2. The van der Waals surface area contributed by atoms with Crippen molar-refractivity contribution in [2.75, 3.05) is 30.3 Å². The number of imide groups is 1. The van der Waals surface area contributed by atoms with Gasteiger partial charge in [0.25, 0.3) is 11.1 Å². The van der Waals surface area contributed by atoms with Crippen LogP contribution in [0.2, 0.25) is 0 Å². The van der Waals surface area contributed by atoms with Crippen LogP contribution in [0.4, 0.5) is 16.6 Å². The average Bonchev–Trinajstić information content (AvgIpc) is 3.52. The lowest BCUT2D eigenvalue weighted by atomic mass is 9.97. The summed E-state index contributed by atoms with van der Waals surface area (Å²) >= 11 is 0.882. The van der Waals surface area contributed by atoms with Crippen LogP contribution >= 0.6 is 11.8 Å². The number of nitrogens with two attached hydrogens (primary N) is 1. The molecule has 4 aromatic rings. The highest BCUT2D eigenvalue weighted by Crippen LogP contribution is 2.30. The number of fused-ring (bicyclic) bond motifs is 1. The van der Waals surface area contributed by atoms with Crippen LogP contribution in [0.15, 0.2) is 64.1 Å². The fourth-order valence-electron chi connectivity index (χ4n) is 4.86. The monoisotopic (exact) mass is 541 g/mol. The molecule has 0 saturated carbocycles. The van der Waals surface area contributed by atoms with E-state index >= 15 is 0 Å². The quantitative estimate of drug-likeness (QED) is 0.292. The third kappa shape index (κ3) is 5.64. The second kappa shape index (κ2) is 10.9. The van der Waals surface area contributed by atoms with Crippen molar-refractivity contribution in [3.8, 4) is 11.5 Å². The number of nitrogens with one attached hydrogen (secondary N) is 2. The molecule has 0 atom stereocenters. The number of rotatable bonds is 7. The maximum Gasteiger partial charge on any atom is 0.290 e. The van der Waals surface area contributed by atoms with E-state index < -0.39 is 5.91 Å². The molecule has 2 saturated heterocycles. The molecule has 198 valence electrons. The lowest BCUT2D eigenvalue weighted by molar-refractivity contribution is -0.115. The van der Waals surface area contributed by atoms with Crippen molar-refractivity contribution in [1.82, 2.24) is 25.6 Å². The molecule has 0 bridgehead atoms. The van der Waals surface area contributed by atoms with E-state index in [0.29, 0.717) is 40.6 Å². The van der Waals surface area contributed by atoms with Crippen LogP contribution < -0.4 is 21.3 Å². The molecule has 6 rings (SSSR count). The first-order valence-corrected chi connectivity index (χ1v) is 13.6. The molecule has 2 amide bonds. The zero-order valence-corrected chi connectivity index (χ0v) is 21.9. The van der Waals surface area contributed by atoms with Crippen LogP contribution in [0.1, 0.15) is 24.1 Å². The number of aromatic nitrogens is 3. The van der Waals surface area contributed by atoms with E-state index in [2.05, 4.69) is 30.5 Å². The van der Waals surface area contributed by atoms with Gasteiger partial charge in [0.2, 0.25) is 5.95 Å². The number of hydrogen-bond donors (Lipinski definition) is 3. The summed E-state index contributed by atoms with van der Waals surface area (Å²) in [7, 11) is 0. The number of hydrogen-bond acceptors (Lipinski definition) is 10. The van der Waals surface area contributed by atoms with Gasteiger partial charge in [0, 0.05) is 31.2 Å². The third-order valence-electron chi connectivity index (χ3n) is 6.89. The van der Waals surface area contributed by atoms with Crippen molar-refractivity contribution in [1.29, 1.82) is 0 Å². The van der Waals surface area contributed by atoms with Crippen molar-refractivity contribution < 1.29 is 14.0 Å². The van der Waals surface area contributed by atoms with Gasteiger partial charge < -0.3 is 20.4 Å². The summed E-state index contributed by atoms with van der Waals surface area (Å²) in [5.74, 6) is 1.94. The van der Waals surface area contributed by atoms with Crippen LogP contribution in [0.3, 0.4) is 0 Å². The normalized spacial score (nSPS) is 17.3. The zero-order valence-electron chi connectivity index (χ0n) is 21.1. The molecular formula is C28H27N7O3S. The van der Waals surface area contributed by atoms with Crippen LogP contribution in [0.5, 0.6) is 0 Å². The van der Waals surface area contributed by atoms with Gasteiger partial charge in [-0.1, -0.05) is 24.3 Å². The Bertz CT molecular complexity index is 1540. The SMILES string of the molecule is Nc1ccc(CNCC2CCN(c3nccc(/C=C4\SC(=O)NC4=O)n3)CC2)c(-c2cc3ccccc3o2)n1. The minimum atomic E-state index is -0.391. The van der Waals surface area contributed by atoms with E-state index in [1.54, 1.807) is 18.3 Å². The van der Waals surface area contributed by atoms with Gasteiger partial charge in [-0.2, -0.15) is 0 Å². The molecule has 0 radical (unpaired) electrons. The van der Waals surface area contributed by atoms with Crippen LogP contribution in [-0.4, -0.2) is 45.7 Å². The fourth-order valence-corrected chi connectivity index (χ4v) is 5.52. The van der Waals surface area contributed by atoms with Crippen LogP contribution in [0.25, 0.3) is 28.5 Å². The van der Waals surface area contributed by atoms with Gasteiger partial charge in [0.15, 0.2) is 5.76 Å². The first-order chi connectivity index (χ1) is 19.0. The Balaban J connectivity index is 1.05. The number of benzene rings is 1. The summed E-state index contributed by atoms with van der Waals surface area (Å²) in [6.07, 6.45) is 5.32. The number of amides is 2. The highest BCUT2D eigenvalue weighted by molar-refractivity contribution is 8.18. The summed E-state index contributed by atoms with van der Waals surface area (Å²) in [4.78, 5) is 39.4. The number of piperidine rings is 1. The first-order valence-electron chi connectivity index (χ1n) is 12.8. The second-order valence-electron chi connectivity index (χ2n) is 9.59. The number of carbonyl (C=O) groups is 2. The molecule has 11 heteroatoms. The topological polar surface area (TPSA) is 139 Å². The van der Waals surface area contributed by atoms with Crippen LogP contribution in [-0.2, 0) is 11.3 Å². The summed E-state index contributed by atoms with van der Waals surface area (Å²) < 4.78 is 6.05. The highest BCUT2D eigenvalue weighted by atomic mass is 32.2. The summed E-state index contributed by atoms with van der Waals surface area (Å²) in [5.41, 5.74) is 9.23. The third-order valence-corrected chi connectivity index (χ3v) is 7.70. The number of pyridine rings is 1. The van der Waals surface area contributed by atoms with Crippen molar-refractivity contribution in [3.05, 3.63) is 70.9 Å². The molecule has 2 aliphatic rings. The smallest absolute Gasteiger partial charge is 0.290 e. The molecule has 2 aliphatic heterocycles. The van der Waals surface area contributed by atoms with Crippen molar-refractivity contribution in [2.24, 2.45) is 5.92 Å². The maximum absolute atomic E-state index is 11.8. The van der Waals surface area contributed by atoms with E-state index in [4.69, 9.17) is 10.2 Å². The summed E-state index contributed by atoms with van der Waals surface area (Å²) in [5, 5.41) is 6.53. The molecule has 4 N–H and O–H groups in total. The Morgan fingerprint density at radius 3 is 2.77 bits per heavy atom. The predicted octanol–water partition coefficient (Wildman–Crippen LogP) is 4.20. The van der Waals surface area contributed by atoms with E-state index in [-0.39, 0.29) is 5.24 Å². The molecule has 0 spiro atoms. The average molecular weight is 542 g/mol. The zero-order chi connectivity index (χ0) is 26.8. The standard InChI is InChI=1S/C28H27N7O3S/c29-24-6-5-19(25(33-24)22-13-18-3-1-2-4-21(18)38-22)16-30-15-17-8-11-35(12-9-17)27-31-10-7-20(32-27)14-23-26(36)34-28(37)39-23/h1-7,10,13-14,17,30H,8-9,11-12,15-16H2,(H2,29,33)(H,34,36,37)/b23-14-. The van der Waals surface area contributed by atoms with E-state index in [0.717, 1.165) is 66.5 Å². The number of nitrogen functional groups attached to an aromatic ring is 1. The molecule has 3 aromatic heterocycles. The lowest BCUT2D eigenvalue weighted by Crippen LogP contribution is -2.38. The highest BCUT2D eigenvalue weighted by Gasteiger charge is 2.26. The van der Waals surface area contributed by atoms with Gasteiger partial charge in [-0.3, -0.25) is 14.9 Å². The number of nitrogens with zero attached hydrogens (tertiary/aromatic N) is 4. The van der Waals surface area contributed by atoms with Crippen molar-refractivity contribution >= 4 is 51.7 Å². The molecule has 0 aliphatic carbocycles. The second-order valence-corrected chi connectivity index (χ2v) is 10.6. The molecule has 1 aromatic carbocycles. The Labute approximate surface area is 229 Å². The maximum atomic E-state index is 11.8. The van der Waals surface area contributed by atoms with Gasteiger partial charge in [-0.15, -0.1) is 0 Å². The molecule has 10 nitrogen and oxygen atoms in total. The predicted molar refractivity (Wildman–Crippen MR) is 152 cm³/mol. The number of para-hydroxylation sites is 1. The Morgan fingerprint density at radius 2 is 1.97 bits per heavy atom. The number of furan rings is 1. The Kier molecular flexibility index (Phi) is 6.99. The minimum absolute atomic E-state index is 0.342. The van der Waals surface area contributed by atoms with E-state index in [9.17, 15) is 9.59 Å². The fraction of sp³-hybridized carbons (Fsp3) is 0.250. The van der Waals surface area contributed by atoms with Gasteiger partial charge >= 0.3 is 0 Å². The van der Waals surface area contributed by atoms with Gasteiger partial charge in [-0.25, -0.2) is 15.0 Å². The molecule has 2 fully saturated rings. The molecular weight excluding hydrogens is 514 g/mol. The number of carbonyl (C=O) groups excluding carboxylic acids is 2.